The lowest BCUT2D eigenvalue weighted by molar-refractivity contribution is -0.138. The minimum Gasteiger partial charge on any atom is -0.472 e. The van der Waals surface area contributed by atoms with Gasteiger partial charge in [-0.3, -0.25) is 9.78 Å². The fourth-order valence-electron chi connectivity index (χ4n) is 5.98. The highest BCUT2D eigenvalue weighted by molar-refractivity contribution is 6.04. The number of aryl methyl sites for hydroxylation is 1. The molecule has 3 fully saturated rings. The van der Waals surface area contributed by atoms with Crippen molar-refractivity contribution in [3.8, 4) is 5.88 Å². The number of hydrogen-bond donors (Lipinski definition) is 1. The van der Waals surface area contributed by atoms with Crippen molar-refractivity contribution in [3.63, 3.8) is 0 Å². The Morgan fingerprint density at radius 1 is 1.23 bits per heavy atom. The van der Waals surface area contributed by atoms with E-state index in [4.69, 9.17) is 4.74 Å². The van der Waals surface area contributed by atoms with Gasteiger partial charge in [-0.2, -0.15) is 13.2 Å². The summed E-state index contributed by atoms with van der Waals surface area (Å²) in [5.41, 5.74) is 2.26. The maximum Gasteiger partial charge on any atom is 0.417 e. The number of carbonyl (C=O) groups excluding carboxylic acids is 1. The maximum absolute atomic E-state index is 13.9. The summed E-state index contributed by atoms with van der Waals surface area (Å²) < 4.78 is 44.6. The van der Waals surface area contributed by atoms with Gasteiger partial charge in [-0.1, -0.05) is 12.1 Å². The van der Waals surface area contributed by atoms with E-state index in [0.29, 0.717) is 18.0 Å². The third-order valence-corrected chi connectivity index (χ3v) is 7.82. The van der Waals surface area contributed by atoms with Gasteiger partial charge in [0.15, 0.2) is 0 Å². The van der Waals surface area contributed by atoms with Crippen LogP contribution in [0.3, 0.4) is 0 Å². The highest BCUT2D eigenvalue weighted by Gasteiger charge is 2.76. The van der Waals surface area contributed by atoms with Crippen LogP contribution in [0.5, 0.6) is 5.88 Å². The van der Waals surface area contributed by atoms with E-state index in [9.17, 15) is 18.0 Å². The van der Waals surface area contributed by atoms with Crippen LogP contribution in [0.2, 0.25) is 0 Å². The Balaban J connectivity index is 1.27. The molecule has 2 aliphatic carbocycles. The number of rotatable bonds is 4. The molecule has 1 spiro atoms. The summed E-state index contributed by atoms with van der Waals surface area (Å²) in [5.74, 6) is 0.509. The van der Waals surface area contributed by atoms with Gasteiger partial charge < -0.3 is 15.0 Å². The molecule has 182 valence electrons. The third kappa shape index (κ3) is 3.51. The van der Waals surface area contributed by atoms with Crippen LogP contribution in [0.25, 0.3) is 5.70 Å². The molecule has 2 saturated carbocycles. The Labute approximate surface area is 200 Å². The first-order valence-electron chi connectivity index (χ1n) is 11.8. The lowest BCUT2D eigenvalue weighted by Crippen LogP contribution is -2.59. The molecular formula is C26H25F3N4O2. The van der Waals surface area contributed by atoms with Gasteiger partial charge >= 0.3 is 6.18 Å². The van der Waals surface area contributed by atoms with Crippen LogP contribution in [0.4, 0.5) is 13.2 Å². The Morgan fingerprint density at radius 3 is 2.77 bits per heavy atom. The Morgan fingerprint density at radius 2 is 2.06 bits per heavy atom. The second-order valence-electron chi connectivity index (χ2n) is 10.0. The molecule has 1 amide bonds. The van der Waals surface area contributed by atoms with Crippen molar-refractivity contribution in [2.75, 3.05) is 6.54 Å². The number of aromatic nitrogens is 2. The molecule has 9 heteroatoms. The fraction of sp³-hybridized carbons (Fsp3) is 0.423. The average molecular weight is 483 g/mol. The molecule has 0 bridgehead atoms. The van der Waals surface area contributed by atoms with Gasteiger partial charge in [0, 0.05) is 36.5 Å². The Kier molecular flexibility index (Phi) is 4.78. The van der Waals surface area contributed by atoms with Crippen molar-refractivity contribution < 1.29 is 22.7 Å². The van der Waals surface area contributed by atoms with Crippen LogP contribution in [0, 0.1) is 18.3 Å². The summed E-state index contributed by atoms with van der Waals surface area (Å²) in [6.45, 7) is 4.64. The molecule has 5 unspecified atom stereocenters. The standard InChI is InChI=1S/C26H25F3N4O2/c1-14-4-3-9-30-21(14)22-18(7-5-15(2)32-22)24(34)33-13-17-10-25(17)11-19(23(25)33)35-20-8-6-16(12-31-20)26(27,28)29/h3-9,12,15,17,19,23,32H,10-11,13H2,1-2H3. The first-order chi connectivity index (χ1) is 16.7. The van der Waals surface area contributed by atoms with E-state index in [-0.39, 0.29) is 35.4 Å². The van der Waals surface area contributed by atoms with Gasteiger partial charge in [-0.15, -0.1) is 0 Å². The van der Waals surface area contributed by atoms with E-state index in [0.717, 1.165) is 42.1 Å². The number of nitrogens with one attached hydrogen (secondary N) is 1. The summed E-state index contributed by atoms with van der Waals surface area (Å²) >= 11 is 0. The number of halogens is 3. The lowest BCUT2D eigenvalue weighted by Gasteiger charge is -2.47. The quantitative estimate of drug-likeness (QED) is 0.710. The molecule has 2 aromatic rings. The zero-order valence-electron chi connectivity index (χ0n) is 19.3. The molecule has 0 radical (unpaired) electrons. The zero-order chi connectivity index (χ0) is 24.5. The van der Waals surface area contributed by atoms with E-state index in [1.165, 1.54) is 6.07 Å². The van der Waals surface area contributed by atoms with Crippen molar-refractivity contribution in [3.05, 3.63) is 71.2 Å². The van der Waals surface area contributed by atoms with Crippen LogP contribution in [-0.4, -0.2) is 45.5 Å². The van der Waals surface area contributed by atoms with E-state index >= 15 is 0 Å². The van der Waals surface area contributed by atoms with Gasteiger partial charge in [-0.05, 0) is 56.4 Å². The Hall–Kier alpha value is -3.36. The number of ether oxygens (including phenoxy) is 1. The number of pyridine rings is 2. The molecule has 6 rings (SSSR count). The molecule has 1 saturated heterocycles. The van der Waals surface area contributed by atoms with E-state index in [1.54, 1.807) is 6.20 Å². The monoisotopic (exact) mass is 482 g/mol. The van der Waals surface area contributed by atoms with Crippen molar-refractivity contribution in [2.45, 2.75) is 51.1 Å². The van der Waals surface area contributed by atoms with Crippen molar-refractivity contribution >= 4 is 11.6 Å². The van der Waals surface area contributed by atoms with Gasteiger partial charge in [0.05, 0.1) is 28.6 Å². The van der Waals surface area contributed by atoms with Crippen LogP contribution in [0.1, 0.15) is 36.6 Å². The van der Waals surface area contributed by atoms with Crippen molar-refractivity contribution in [2.24, 2.45) is 11.3 Å². The fourth-order valence-corrected chi connectivity index (χ4v) is 5.98. The van der Waals surface area contributed by atoms with Crippen LogP contribution in [-0.2, 0) is 11.0 Å². The predicted molar refractivity (Wildman–Crippen MR) is 122 cm³/mol. The number of carbonyl (C=O) groups is 1. The molecule has 0 aromatic carbocycles. The number of nitrogens with zero attached hydrogens (tertiary/aromatic N) is 3. The summed E-state index contributed by atoms with van der Waals surface area (Å²) in [6, 6.07) is 6.00. The summed E-state index contributed by atoms with van der Waals surface area (Å²) in [4.78, 5) is 24.1. The summed E-state index contributed by atoms with van der Waals surface area (Å²) in [7, 11) is 0. The summed E-state index contributed by atoms with van der Waals surface area (Å²) in [5, 5.41) is 3.41. The van der Waals surface area contributed by atoms with Crippen molar-refractivity contribution in [1.82, 2.24) is 20.2 Å². The highest BCUT2D eigenvalue weighted by Crippen LogP contribution is 2.71. The first-order valence-corrected chi connectivity index (χ1v) is 11.8. The molecule has 2 aromatic heterocycles. The van der Waals surface area contributed by atoms with E-state index in [1.807, 2.05) is 43.0 Å². The SMILES string of the molecule is Cc1cccnc1C1=C(C(=O)N2CC3CC34CC(Oc3ccc(C(F)(F)F)cn3)C24)C=CC(C)N1. The second kappa shape index (κ2) is 7.57. The van der Waals surface area contributed by atoms with E-state index in [2.05, 4.69) is 15.3 Å². The molecule has 2 aliphatic heterocycles. The third-order valence-electron chi connectivity index (χ3n) is 7.82. The number of hydrogen-bond acceptors (Lipinski definition) is 5. The van der Waals surface area contributed by atoms with Crippen LogP contribution in [0.15, 0.2) is 54.4 Å². The van der Waals surface area contributed by atoms with E-state index < -0.39 is 11.7 Å². The predicted octanol–water partition coefficient (Wildman–Crippen LogP) is 4.13. The largest absolute Gasteiger partial charge is 0.472 e. The minimum atomic E-state index is -4.45. The molecule has 4 heterocycles. The highest BCUT2D eigenvalue weighted by atomic mass is 19.4. The number of alkyl halides is 3. The molecule has 35 heavy (non-hydrogen) atoms. The molecule has 1 N–H and O–H groups in total. The lowest BCUT2D eigenvalue weighted by atomic mass is 9.73. The smallest absolute Gasteiger partial charge is 0.417 e. The first kappa shape index (κ1) is 22.1. The molecular weight excluding hydrogens is 457 g/mol. The maximum atomic E-state index is 13.9. The van der Waals surface area contributed by atoms with Gasteiger partial charge in [0.2, 0.25) is 5.88 Å². The Bertz CT molecular complexity index is 1260. The average Bonchev–Trinajstić information content (AvgIpc) is 3.47. The topological polar surface area (TPSA) is 67.4 Å². The molecule has 5 atom stereocenters. The van der Waals surface area contributed by atoms with Crippen LogP contribution >= 0.6 is 0 Å². The molecule has 4 aliphatic rings. The van der Waals surface area contributed by atoms with Crippen molar-refractivity contribution in [1.29, 1.82) is 0 Å². The normalized spacial score (nSPS) is 30.8. The van der Waals surface area contributed by atoms with Gasteiger partial charge in [-0.25, -0.2) is 4.98 Å². The molecule has 6 nitrogen and oxygen atoms in total. The number of dihydropyridines is 1. The van der Waals surface area contributed by atoms with Gasteiger partial charge in [0.1, 0.15) is 6.10 Å². The summed E-state index contributed by atoms with van der Waals surface area (Å²) in [6.07, 6.45) is 3.43. The van der Waals surface area contributed by atoms with Gasteiger partial charge in [0.25, 0.3) is 5.91 Å². The second-order valence-corrected chi connectivity index (χ2v) is 10.0. The number of amides is 1. The number of likely N-dealkylation sites (tertiary alicyclic amines) is 1. The van der Waals surface area contributed by atoms with Crippen LogP contribution < -0.4 is 10.1 Å². The number of piperidine rings is 1. The zero-order valence-corrected chi connectivity index (χ0v) is 19.3. The minimum absolute atomic E-state index is 0.0619.